The number of aromatic nitrogens is 1. The lowest BCUT2D eigenvalue weighted by atomic mass is 10.2. The van der Waals surface area contributed by atoms with Crippen molar-refractivity contribution in [2.24, 2.45) is 0 Å². The van der Waals surface area contributed by atoms with Crippen molar-refractivity contribution in [2.75, 3.05) is 32.1 Å². The van der Waals surface area contributed by atoms with E-state index >= 15 is 0 Å². The van der Waals surface area contributed by atoms with Crippen molar-refractivity contribution in [1.29, 1.82) is 0 Å². The van der Waals surface area contributed by atoms with Crippen LogP contribution in [0.15, 0.2) is 28.7 Å². The second-order valence-electron chi connectivity index (χ2n) is 6.17. The Morgan fingerprint density at radius 1 is 1.28 bits per heavy atom. The van der Waals surface area contributed by atoms with Gasteiger partial charge >= 0.3 is 0 Å². The lowest BCUT2D eigenvalue weighted by Gasteiger charge is -2.21. The van der Waals surface area contributed by atoms with Gasteiger partial charge in [0.05, 0.1) is 10.3 Å². The minimum atomic E-state index is -0.379. The van der Waals surface area contributed by atoms with Crippen molar-refractivity contribution in [1.82, 2.24) is 9.88 Å². The zero-order valence-electron chi connectivity index (χ0n) is 14.7. The van der Waals surface area contributed by atoms with Gasteiger partial charge in [-0.1, -0.05) is 17.4 Å². The van der Waals surface area contributed by atoms with Crippen molar-refractivity contribution in [2.45, 2.75) is 13.8 Å². The van der Waals surface area contributed by atoms with E-state index in [4.69, 9.17) is 4.42 Å². The molecule has 3 rings (SSSR count). The number of thiazole rings is 1. The highest BCUT2D eigenvalue weighted by atomic mass is 32.1. The number of fused-ring (bicyclic) bond motifs is 1. The van der Waals surface area contributed by atoms with E-state index in [2.05, 4.69) is 4.98 Å². The van der Waals surface area contributed by atoms with Gasteiger partial charge < -0.3 is 9.32 Å². The summed E-state index contributed by atoms with van der Waals surface area (Å²) in [5.41, 5.74) is 0.807. The number of benzene rings is 1. The van der Waals surface area contributed by atoms with Crippen LogP contribution in [0.2, 0.25) is 0 Å². The summed E-state index contributed by atoms with van der Waals surface area (Å²) >= 11 is 1.31. The third-order valence-electron chi connectivity index (χ3n) is 3.88. The predicted octanol–water partition coefficient (Wildman–Crippen LogP) is 3.85. The standard InChI is InChI=1S/C18H20FN3O2S/c1-11-10-13(12(2)24-11)17(23)22(9-8-21(3)4)18-20-16-14(19)6-5-7-15(16)25-18/h5-7,10H,8-9H2,1-4H3. The number of nitrogens with zero attached hydrogens (tertiary/aromatic N) is 3. The molecule has 0 bridgehead atoms. The van der Waals surface area contributed by atoms with Crippen molar-refractivity contribution in [3.05, 3.63) is 47.2 Å². The molecule has 25 heavy (non-hydrogen) atoms. The van der Waals surface area contributed by atoms with E-state index in [-0.39, 0.29) is 11.7 Å². The number of hydrogen-bond acceptors (Lipinski definition) is 5. The summed E-state index contributed by atoms with van der Waals surface area (Å²) in [5.74, 6) is 0.694. The van der Waals surface area contributed by atoms with Gasteiger partial charge in [0.15, 0.2) is 5.13 Å². The van der Waals surface area contributed by atoms with E-state index in [1.165, 1.54) is 17.4 Å². The van der Waals surface area contributed by atoms with Crippen LogP contribution in [-0.4, -0.2) is 43.0 Å². The summed E-state index contributed by atoms with van der Waals surface area (Å²) in [7, 11) is 3.88. The Balaban J connectivity index is 2.02. The van der Waals surface area contributed by atoms with E-state index in [0.29, 0.717) is 40.8 Å². The number of amides is 1. The van der Waals surface area contributed by atoms with Gasteiger partial charge in [0, 0.05) is 13.1 Å². The molecule has 0 spiro atoms. The smallest absolute Gasteiger partial charge is 0.263 e. The predicted molar refractivity (Wildman–Crippen MR) is 98.0 cm³/mol. The van der Waals surface area contributed by atoms with Gasteiger partial charge in [0.2, 0.25) is 0 Å². The molecule has 132 valence electrons. The fourth-order valence-corrected chi connectivity index (χ4v) is 3.60. The maximum absolute atomic E-state index is 14.0. The van der Waals surface area contributed by atoms with Crippen LogP contribution in [0.3, 0.4) is 0 Å². The highest BCUT2D eigenvalue weighted by molar-refractivity contribution is 7.22. The molecular formula is C18H20FN3O2S. The number of furan rings is 1. The van der Waals surface area contributed by atoms with Gasteiger partial charge in [0.1, 0.15) is 22.9 Å². The molecule has 3 aromatic rings. The fourth-order valence-electron chi connectivity index (χ4n) is 2.59. The number of aryl methyl sites for hydroxylation is 2. The number of anilines is 1. The lowest BCUT2D eigenvalue weighted by Crippen LogP contribution is -2.36. The topological polar surface area (TPSA) is 49.6 Å². The number of para-hydroxylation sites is 1. The van der Waals surface area contributed by atoms with E-state index < -0.39 is 0 Å². The molecular weight excluding hydrogens is 341 g/mol. The molecule has 0 unspecified atom stereocenters. The molecule has 2 heterocycles. The van der Waals surface area contributed by atoms with Crippen LogP contribution in [-0.2, 0) is 0 Å². The van der Waals surface area contributed by atoms with Crippen molar-refractivity contribution >= 4 is 32.6 Å². The molecule has 7 heteroatoms. The van der Waals surface area contributed by atoms with Crippen LogP contribution in [0.25, 0.3) is 10.2 Å². The fraction of sp³-hybridized carbons (Fsp3) is 0.333. The maximum Gasteiger partial charge on any atom is 0.263 e. The Morgan fingerprint density at radius 2 is 2.04 bits per heavy atom. The van der Waals surface area contributed by atoms with Crippen LogP contribution in [0.5, 0.6) is 0 Å². The van der Waals surface area contributed by atoms with Crippen molar-refractivity contribution in [3.8, 4) is 0 Å². The van der Waals surface area contributed by atoms with E-state index in [1.54, 1.807) is 36.9 Å². The number of halogens is 1. The molecule has 1 aromatic carbocycles. The maximum atomic E-state index is 14.0. The zero-order valence-corrected chi connectivity index (χ0v) is 15.5. The normalized spacial score (nSPS) is 11.4. The van der Waals surface area contributed by atoms with Crippen LogP contribution in [0.1, 0.15) is 21.9 Å². The SMILES string of the molecule is Cc1cc(C(=O)N(CCN(C)C)c2nc3c(F)cccc3s2)c(C)o1. The summed E-state index contributed by atoms with van der Waals surface area (Å²) in [4.78, 5) is 21.0. The summed E-state index contributed by atoms with van der Waals surface area (Å²) < 4.78 is 20.2. The molecule has 0 saturated heterocycles. The Bertz CT molecular complexity index is 916. The first-order valence-corrected chi connectivity index (χ1v) is 8.77. The van der Waals surface area contributed by atoms with Gasteiger partial charge in [-0.05, 0) is 46.1 Å². The first-order chi connectivity index (χ1) is 11.9. The third-order valence-corrected chi connectivity index (χ3v) is 4.92. The summed E-state index contributed by atoms with van der Waals surface area (Å²) in [6.07, 6.45) is 0. The largest absolute Gasteiger partial charge is 0.466 e. The second kappa shape index (κ2) is 6.93. The van der Waals surface area contributed by atoms with E-state index in [1.807, 2.05) is 19.0 Å². The van der Waals surface area contributed by atoms with Crippen molar-refractivity contribution in [3.63, 3.8) is 0 Å². The Hall–Kier alpha value is -2.25. The molecule has 0 saturated carbocycles. The van der Waals surface area contributed by atoms with Crippen molar-refractivity contribution < 1.29 is 13.6 Å². The van der Waals surface area contributed by atoms with Gasteiger partial charge in [0.25, 0.3) is 5.91 Å². The van der Waals surface area contributed by atoms with Gasteiger partial charge in [-0.25, -0.2) is 9.37 Å². The number of likely N-dealkylation sites (N-methyl/N-ethyl adjacent to an activating group) is 1. The summed E-state index contributed by atoms with van der Waals surface area (Å²) in [6.45, 7) is 4.69. The number of rotatable bonds is 5. The molecule has 1 amide bonds. The van der Waals surface area contributed by atoms with E-state index in [0.717, 1.165) is 4.70 Å². The Morgan fingerprint density at radius 3 is 2.64 bits per heavy atom. The number of carbonyl (C=O) groups is 1. The van der Waals surface area contributed by atoms with Crippen LogP contribution in [0, 0.1) is 19.7 Å². The Kier molecular flexibility index (Phi) is 4.87. The minimum absolute atomic E-state index is 0.185. The molecule has 0 aliphatic rings. The van der Waals surface area contributed by atoms with Gasteiger partial charge in [-0.2, -0.15) is 0 Å². The van der Waals surface area contributed by atoms with Crippen LogP contribution < -0.4 is 4.90 Å². The quantitative estimate of drug-likeness (QED) is 0.692. The molecule has 0 N–H and O–H groups in total. The molecule has 5 nitrogen and oxygen atoms in total. The summed E-state index contributed by atoms with van der Waals surface area (Å²) in [5, 5.41) is 0.491. The minimum Gasteiger partial charge on any atom is -0.466 e. The average Bonchev–Trinajstić information content (AvgIpc) is 3.11. The zero-order chi connectivity index (χ0) is 18.1. The lowest BCUT2D eigenvalue weighted by molar-refractivity contribution is 0.0983. The highest BCUT2D eigenvalue weighted by Crippen LogP contribution is 2.31. The summed E-state index contributed by atoms with van der Waals surface area (Å²) in [6, 6.07) is 6.56. The monoisotopic (exact) mass is 361 g/mol. The number of carbonyl (C=O) groups excluding carboxylic acids is 1. The highest BCUT2D eigenvalue weighted by Gasteiger charge is 2.25. The second-order valence-corrected chi connectivity index (χ2v) is 7.18. The molecule has 0 aliphatic heterocycles. The number of hydrogen-bond donors (Lipinski definition) is 0. The van der Waals surface area contributed by atoms with Gasteiger partial charge in [-0.3, -0.25) is 9.69 Å². The average molecular weight is 361 g/mol. The Labute approximate surface area is 149 Å². The van der Waals surface area contributed by atoms with Gasteiger partial charge in [-0.15, -0.1) is 0 Å². The van der Waals surface area contributed by atoms with E-state index in [9.17, 15) is 9.18 Å². The van der Waals surface area contributed by atoms with Crippen LogP contribution >= 0.6 is 11.3 Å². The molecule has 0 atom stereocenters. The molecule has 0 radical (unpaired) electrons. The molecule has 0 fully saturated rings. The first-order valence-electron chi connectivity index (χ1n) is 7.95. The molecule has 0 aliphatic carbocycles. The third kappa shape index (κ3) is 3.57. The van der Waals surface area contributed by atoms with Crippen LogP contribution in [0.4, 0.5) is 9.52 Å². The molecule has 2 aromatic heterocycles. The first kappa shape index (κ1) is 17.6.